The van der Waals surface area contributed by atoms with Gasteiger partial charge in [0.1, 0.15) is 48.9 Å². The summed E-state index contributed by atoms with van der Waals surface area (Å²) < 4.78 is 28.6. The smallest absolute Gasteiger partial charge is 0.468 e. The van der Waals surface area contributed by atoms with Crippen molar-refractivity contribution in [1.29, 1.82) is 5.26 Å². The monoisotopic (exact) mass is 439 g/mol. The standard InChI is InChI=1S/C16H20N6O7P/c1-8(15(25)27-2)21-30(26)28-5-10-12(23)13(24)16(6-17,29-10)11-4-3-9-14(18)19-7-20-22(9)11/h3-4,7-8,10,12-13,23-24H,5H2,1-2H3,(H,21,26)(H2,18,19,20)/q+1. The van der Waals surface area contributed by atoms with Crippen LogP contribution in [0.5, 0.6) is 0 Å². The first-order valence-corrected chi connectivity index (χ1v) is 9.91. The zero-order valence-corrected chi connectivity index (χ0v) is 16.9. The summed E-state index contributed by atoms with van der Waals surface area (Å²) in [5.74, 6) is -0.487. The summed E-state index contributed by atoms with van der Waals surface area (Å²) in [4.78, 5) is 15.2. The van der Waals surface area contributed by atoms with E-state index >= 15 is 0 Å². The minimum atomic E-state index is -2.52. The maximum Gasteiger partial charge on any atom is 0.613 e. The van der Waals surface area contributed by atoms with Gasteiger partial charge >= 0.3 is 14.1 Å². The molecule has 0 bridgehead atoms. The first kappa shape index (κ1) is 22.0. The fraction of sp³-hybridized carbons (Fsp3) is 0.500. The molecule has 0 spiro atoms. The molecular weight excluding hydrogens is 419 g/mol. The molecule has 0 radical (unpaired) electrons. The van der Waals surface area contributed by atoms with E-state index in [1.807, 2.05) is 6.07 Å². The zero-order valence-electron chi connectivity index (χ0n) is 16.0. The van der Waals surface area contributed by atoms with Gasteiger partial charge in [-0.1, -0.05) is 5.09 Å². The van der Waals surface area contributed by atoms with E-state index in [4.69, 9.17) is 15.0 Å². The Hall–Kier alpha value is -2.72. The van der Waals surface area contributed by atoms with Gasteiger partial charge in [-0.25, -0.2) is 9.50 Å². The van der Waals surface area contributed by atoms with Crippen LogP contribution in [0.25, 0.3) is 5.52 Å². The highest BCUT2D eigenvalue weighted by molar-refractivity contribution is 7.36. The Morgan fingerprint density at radius 1 is 1.57 bits per heavy atom. The fourth-order valence-corrected chi connectivity index (χ4v) is 3.89. The molecule has 13 nitrogen and oxygen atoms in total. The van der Waals surface area contributed by atoms with E-state index < -0.39 is 50.7 Å². The number of nitrogens with zero attached hydrogens (tertiary/aromatic N) is 4. The second-order valence-corrected chi connectivity index (χ2v) is 7.56. The summed E-state index contributed by atoms with van der Waals surface area (Å²) in [7, 11) is -1.33. The lowest BCUT2D eigenvalue weighted by molar-refractivity contribution is -0.142. The van der Waals surface area contributed by atoms with E-state index in [9.17, 15) is 24.8 Å². The van der Waals surface area contributed by atoms with Gasteiger partial charge in [-0.2, -0.15) is 10.4 Å². The van der Waals surface area contributed by atoms with Gasteiger partial charge in [-0.05, 0) is 23.6 Å². The molecule has 1 aliphatic heterocycles. The molecule has 0 aromatic carbocycles. The highest BCUT2D eigenvalue weighted by Crippen LogP contribution is 2.41. The fourth-order valence-electron chi connectivity index (χ4n) is 3.12. The van der Waals surface area contributed by atoms with Crippen LogP contribution in [0.1, 0.15) is 12.6 Å². The number of nitriles is 1. The van der Waals surface area contributed by atoms with Crippen LogP contribution >= 0.6 is 8.18 Å². The molecule has 1 saturated heterocycles. The molecule has 6 unspecified atom stereocenters. The molecule has 14 heteroatoms. The second kappa shape index (κ2) is 8.57. The van der Waals surface area contributed by atoms with Crippen molar-refractivity contribution in [3.63, 3.8) is 0 Å². The molecule has 160 valence electrons. The number of carbonyl (C=O) groups is 1. The predicted octanol–water partition coefficient (Wildman–Crippen LogP) is -1.02. The number of rotatable bonds is 7. The molecule has 3 rings (SSSR count). The number of fused-ring (bicyclic) bond motifs is 1. The normalized spacial score (nSPS) is 27.6. The summed E-state index contributed by atoms with van der Waals surface area (Å²) in [6.07, 6.45) is -3.21. The summed E-state index contributed by atoms with van der Waals surface area (Å²) in [6.45, 7) is 0.997. The number of carbonyl (C=O) groups excluding carboxylic acids is 1. The van der Waals surface area contributed by atoms with Gasteiger partial charge in [-0.3, -0.25) is 4.79 Å². The number of anilines is 1. The van der Waals surface area contributed by atoms with Crippen LogP contribution < -0.4 is 10.8 Å². The maximum absolute atomic E-state index is 12.0. The van der Waals surface area contributed by atoms with Crippen molar-refractivity contribution in [2.24, 2.45) is 0 Å². The number of aliphatic hydroxyl groups is 2. The van der Waals surface area contributed by atoms with E-state index in [1.54, 1.807) is 6.07 Å². The largest absolute Gasteiger partial charge is 0.613 e. The third-order valence-electron chi connectivity index (χ3n) is 4.70. The van der Waals surface area contributed by atoms with Crippen molar-refractivity contribution in [2.75, 3.05) is 19.5 Å². The van der Waals surface area contributed by atoms with Gasteiger partial charge < -0.3 is 25.4 Å². The third-order valence-corrected chi connectivity index (χ3v) is 5.68. The number of ether oxygens (including phenoxy) is 2. The van der Waals surface area contributed by atoms with Gasteiger partial charge in [0, 0.05) is 0 Å². The van der Waals surface area contributed by atoms with Crippen molar-refractivity contribution in [3.8, 4) is 6.07 Å². The highest BCUT2D eigenvalue weighted by atomic mass is 31.1. The number of nitrogens with two attached hydrogens (primary N) is 1. The summed E-state index contributed by atoms with van der Waals surface area (Å²) in [5.41, 5.74) is 4.32. The van der Waals surface area contributed by atoms with E-state index in [-0.39, 0.29) is 11.5 Å². The average Bonchev–Trinajstić information content (AvgIpc) is 3.27. The van der Waals surface area contributed by atoms with Crippen LogP contribution in [0.3, 0.4) is 0 Å². The lowest BCUT2D eigenvalue weighted by atomic mass is 9.92. The SMILES string of the molecule is COC(=O)C(C)N[P+](=O)OCC1OC(C#N)(c2ccc3c(N)ncnn23)C(O)C1O. The summed E-state index contributed by atoms with van der Waals surface area (Å²) in [5, 5.41) is 37.2. The Bertz CT molecular complexity index is 1010. The first-order valence-electron chi connectivity index (χ1n) is 8.73. The number of esters is 1. The lowest BCUT2D eigenvalue weighted by Crippen LogP contribution is -2.41. The van der Waals surface area contributed by atoms with E-state index in [1.165, 1.54) is 30.9 Å². The second-order valence-electron chi connectivity index (χ2n) is 6.53. The van der Waals surface area contributed by atoms with Gasteiger partial charge in [0.05, 0.1) is 12.8 Å². The van der Waals surface area contributed by atoms with Crippen LogP contribution in [-0.4, -0.2) is 68.9 Å². The number of aliphatic hydroxyl groups excluding tert-OH is 2. The predicted molar refractivity (Wildman–Crippen MR) is 99.7 cm³/mol. The quantitative estimate of drug-likeness (QED) is 0.303. The Morgan fingerprint density at radius 2 is 2.30 bits per heavy atom. The van der Waals surface area contributed by atoms with Crippen LogP contribution in [0.15, 0.2) is 18.5 Å². The summed E-state index contributed by atoms with van der Waals surface area (Å²) in [6, 6.07) is 4.01. The molecule has 0 aliphatic carbocycles. The van der Waals surface area contributed by atoms with Crippen molar-refractivity contribution >= 4 is 25.5 Å². The molecule has 2 aromatic heterocycles. The van der Waals surface area contributed by atoms with Crippen LogP contribution in [0.2, 0.25) is 0 Å². The van der Waals surface area contributed by atoms with Gasteiger partial charge in [0.25, 0.3) is 0 Å². The van der Waals surface area contributed by atoms with Gasteiger partial charge in [0.15, 0.2) is 5.82 Å². The Balaban J connectivity index is 1.78. The Morgan fingerprint density at radius 3 is 2.97 bits per heavy atom. The van der Waals surface area contributed by atoms with Gasteiger partial charge in [-0.15, -0.1) is 4.52 Å². The minimum absolute atomic E-state index is 0.130. The molecule has 3 heterocycles. The van der Waals surface area contributed by atoms with Crippen molar-refractivity contribution in [2.45, 2.75) is 36.9 Å². The van der Waals surface area contributed by atoms with E-state index in [0.29, 0.717) is 5.52 Å². The molecule has 0 amide bonds. The Kier molecular flexibility index (Phi) is 6.27. The molecule has 0 saturated carbocycles. The highest BCUT2D eigenvalue weighted by Gasteiger charge is 2.58. The molecule has 2 aromatic rings. The van der Waals surface area contributed by atoms with E-state index in [0.717, 1.165) is 0 Å². The summed E-state index contributed by atoms with van der Waals surface area (Å²) >= 11 is 0. The number of aromatic nitrogens is 3. The van der Waals surface area contributed by atoms with Gasteiger partial charge in [0.2, 0.25) is 5.60 Å². The zero-order chi connectivity index (χ0) is 22.1. The van der Waals surface area contributed by atoms with Crippen molar-refractivity contribution in [1.82, 2.24) is 19.7 Å². The number of hydrogen-bond acceptors (Lipinski definition) is 11. The van der Waals surface area contributed by atoms with Crippen molar-refractivity contribution < 1.29 is 33.6 Å². The topological polar surface area (TPSA) is 194 Å². The van der Waals surface area contributed by atoms with Crippen LogP contribution in [0.4, 0.5) is 5.82 Å². The molecule has 30 heavy (non-hydrogen) atoms. The molecule has 5 N–H and O–H groups in total. The molecule has 1 fully saturated rings. The molecule has 6 atom stereocenters. The van der Waals surface area contributed by atoms with E-state index in [2.05, 4.69) is 19.9 Å². The number of nitrogen functional groups attached to an aromatic ring is 1. The third kappa shape index (κ3) is 3.72. The maximum atomic E-state index is 12.0. The number of hydrogen-bond donors (Lipinski definition) is 4. The number of methoxy groups -OCH3 is 1. The molecule has 1 aliphatic rings. The van der Waals surface area contributed by atoms with Crippen LogP contribution in [-0.2, 0) is 29.0 Å². The minimum Gasteiger partial charge on any atom is -0.468 e. The lowest BCUT2D eigenvalue weighted by Gasteiger charge is -2.24. The first-order chi connectivity index (χ1) is 14.2. The Labute approximate surface area is 171 Å². The molecular formula is C16H20N6O7P+. The average molecular weight is 439 g/mol. The van der Waals surface area contributed by atoms with Crippen LogP contribution in [0, 0.1) is 11.3 Å². The van der Waals surface area contributed by atoms with Crippen molar-refractivity contribution in [3.05, 3.63) is 24.2 Å². The number of nitrogens with one attached hydrogen (secondary N) is 1.